The Labute approximate surface area is 233 Å². The number of hydrogen-bond donors (Lipinski definition) is 1. The molecule has 6 rings (SSSR count). The van der Waals surface area contributed by atoms with E-state index in [1.807, 2.05) is 52.9 Å². The molecule has 2 amide bonds. The molecule has 6 nitrogen and oxygen atoms in total. The average molecular weight is 536 g/mol. The Morgan fingerprint density at radius 2 is 1.82 bits per heavy atom. The van der Waals surface area contributed by atoms with Gasteiger partial charge in [-0.15, -0.1) is 0 Å². The van der Waals surface area contributed by atoms with Crippen LogP contribution in [0.15, 0.2) is 91.1 Å². The largest absolute Gasteiger partial charge is 0.322 e. The first-order valence-electron chi connectivity index (χ1n) is 13.2. The molecule has 1 N–H and O–H groups in total. The average Bonchev–Trinajstić information content (AvgIpc) is 3.52. The van der Waals surface area contributed by atoms with Gasteiger partial charge in [-0.2, -0.15) is 5.10 Å². The van der Waals surface area contributed by atoms with Crippen LogP contribution in [0.3, 0.4) is 0 Å². The fourth-order valence-electron chi connectivity index (χ4n) is 5.46. The van der Waals surface area contributed by atoms with Gasteiger partial charge in [0, 0.05) is 22.5 Å². The number of halogens is 1. The van der Waals surface area contributed by atoms with E-state index in [-0.39, 0.29) is 12.1 Å². The Balaban J connectivity index is 1.56. The lowest BCUT2D eigenvalue weighted by molar-refractivity contribution is 0.194. The number of carbonyl (C=O) groups excluding carboxylic acids is 1. The number of amides is 2. The zero-order valence-corrected chi connectivity index (χ0v) is 23.0. The first-order valence-corrected chi connectivity index (χ1v) is 13.6. The molecule has 7 heteroatoms. The van der Waals surface area contributed by atoms with E-state index in [1.54, 1.807) is 6.07 Å². The van der Waals surface area contributed by atoms with Crippen molar-refractivity contribution in [2.45, 2.75) is 39.8 Å². The molecule has 0 spiro atoms. The molecule has 1 aliphatic rings. The fourth-order valence-corrected chi connectivity index (χ4v) is 5.63. The highest BCUT2D eigenvalue weighted by Crippen LogP contribution is 2.39. The number of nitrogens with zero attached hydrogens (tertiary/aromatic N) is 4. The minimum Gasteiger partial charge on any atom is -0.307 e. The lowest BCUT2D eigenvalue weighted by atomic mass is 10.00. The molecule has 0 unspecified atom stereocenters. The van der Waals surface area contributed by atoms with Gasteiger partial charge < -0.3 is 14.8 Å². The summed E-state index contributed by atoms with van der Waals surface area (Å²) in [7, 11) is 0. The third-order valence-corrected chi connectivity index (χ3v) is 7.60. The maximum atomic E-state index is 14.2. The maximum Gasteiger partial charge on any atom is 0.322 e. The smallest absolute Gasteiger partial charge is 0.307 e. The van der Waals surface area contributed by atoms with E-state index in [0.717, 1.165) is 51.6 Å². The molecule has 0 fully saturated rings. The van der Waals surface area contributed by atoms with Crippen LogP contribution in [-0.2, 0) is 13.0 Å². The van der Waals surface area contributed by atoms with Gasteiger partial charge in [-0.1, -0.05) is 72.6 Å². The number of aryl methyl sites for hydroxylation is 3. The van der Waals surface area contributed by atoms with Gasteiger partial charge >= 0.3 is 6.03 Å². The summed E-state index contributed by atoms with van der Waals surface area (Å²) in [6.45, 7) is 6.55. The molecule has 1 atom stereocenters. The normalized spacial score (nSPS) is 14.5. The molecule has 0 aliphatic carbocycles. The number of para-hydroxylation sites is 1. The Kier molecular flexibility index (Phi) is 6.49. The van der Waals surface area contributed by atoms with Gasteiger partial charge in [0.1, 0.15) is 5.82 Å². The number of anilines is 1. The van der Waals surface area contributed by atoms with Gasteiger partial charge in [0.25, 0.3) is 0 Å². The van der Waals surface area contributed by atoms with Crippen molar-refractivity contribution in [1.29, 1.82) is 0 Å². The van der Waals surface area contributed by atoms with Crippen LogP contribution in [0.25, 0.3) is 11.5 Å². The van der Waals surface area contributed by atoms with Crippen LogP contribution < -0.4 is 5.32 Å². The van der Waals surface area contributed by atoms with E-state index in [1.165, 1.54) is 0 Å². The molecule has 0 radical (unpaired) electrons. The molecule has 0 bridgehead atoms. The third kappa shape index (κ3) is 4.51. The number of hydrogen-bond acceptors (Lipinski definition) is 2. The zero-order valence-electron chi connectivity index (χ0n) is 22.2. The molecule has 3 aromatic carbocycles. The molecule has 0 saturated heterocycles. The molecule has 2 aromatic heterocycles. The fraction of sp³-hybridized carbons (Fsp3) is 0.188. The summed E-state index contributed by atoms with van der Waals surface area (Å²) in [6, 6.07) is 27.7. The van der Waals surface area contributed by atoms with Crippen molar-refractivity contribution in [3.63, 3.8) is 0 Å². The van der Waals surface area contributed by atoms with Crippen LogP contribution >= 0.6 is 11.6 Å². The van der Waals surface area contributed by atoms with Crippen LogP contribution in [0, 0.1) is 13.8 Å². The summed E-state index contributed by atoms with van der Waals surface area (Å²) in [6.07, 6.45) is 2.82. The lowest BCUT2D eigenvalue weighted by Crippen LogP contribution is -2.38. The topological polar surface area (TPSA) is 55.1 Å². The van der Waals surface area contributed by atoms with Crippen LogP contribution in [0.5, 0.6) is 0 Å². The summed E-state index contributed by atoms with van der Waals surface area (Å²) in [4.78, 5) is 16.1. The van der Waals surface area contributed by atoms with Crippen LogP contribution in [0.1, 0.15) is 46.6 Å². The van der Waals surface area contributed by atoms with Gasteiger partial charge in [-0.3, -0.25) is 0 Å². The van der Waals surface area contributed by atoms with Crippen molar-refractivity contribution in [3.8, 4) is 11.5 Å². The monoisotopic (exact) mass is 535 g/mol. The maximum absolute atomic E-state index is 14.2. The van der Waals surface area contributed by atoms with Gasteiger partial charge in [0.05, 0.1) is 29.7 Å². The standard InChI is InChI=1S/C32H30ClN5O/c1-4-27-26-20-37(32(39)34-28-19-24(33)16-15-22(28)3)30(23-11-8-10-21(2)18-23)29-14-9-17-36(29)31(26)38(35-27)25-12-6-5-7-13-25/h5-19,30H,4,20H2,1-3H3,(H,34,39)/t30-/m0/s1. The van der Waals surface area contributed by atoms with Gasteiger partial charge in [0.15, 0.2) is 0 Å². The SMILES string of the molecule is CCc1nn(-c2ccccc2)c2c1CN(C(=O)Nc1cc(Cl)ccc1C)[C@@H](c1cccc(C)c1)c1cccn1-2. The van der Waals surface area contributed by atoms with E-state index < -0.39 is 0 Å². The van der Waals surface area contributed by atoms with Gasteiger partial charge in [-0.05, 0) is 67.8 Å². The number of rotatable bonds is 4. The first kappa shape index (κ1) is 25.0. The molecule has 196 valence electrons. The number of fused-ring (bicyclic) bond motifs is 3. The second-order valence-corrected chi connectivity index (χ2v) is 10.4. The molecule has 39 heavy (non-hydrogen) atoms. The van der Waals surface area contributed by atoms with E-state index >= 15 is 0 Å². The van der Waals surface area contributed by atoms with Crippen molar-refractivity contribution in [2.24, 2.45) is 0 Å². The predicted octanol–water partition coefficient (Wildman–Crippen LogP) is 7.63. The molecule has 3 heterocycles. The Morgan fingerprint density at radius 1 is 1.00 bits per heavy atom. The molecular formula is C32H30ClN5O. The summed E-state index contributed by atoms with van der Waals surface area (Å²) in [5.41, 5.74) is 7.82. The summed E-state index contributed by atoms with van der Waals surface area (Å²) in [5, 5.41) is 8.77. The zero-order chi connectivity index (χ0) is 27.1. The highest BCUT2D eigenvalue weighted by Gasteiger charge is 2.36. The first-order chi connectivity index (χ1) is 18.9. The van der Waals surface area contributed by atoms with Gasteiger partial charge in [-0.25, -0.2) is 9.48 Å². The summed E-state index contributed by atoms with van der Waals surface area (Å²) >= 11 is 6.29. The number of nitrogens with one attached hydrogen (secondary N) is 1. The Hall–Kier alpha value is -4.29. The number of aromatic nitrogens is 3. The van der Waals surface area contributed by atoms with E-state index in [0.29, 0.717) is 17.3 Å². The van der Waals surface area contributed by atoms with Crippen molar-refractivity contribution >= 4 is 23.3 Å². The molecule has 5 aromatic rings. The van der Waals surface area contributed by atoms with E-state index in [4.69, 9.17) is 16.7 Å². The van der Waals surface area contributed by atoms with Crippen molar-refractivity contribution in [1.82, 2.24) is 19.2 Å². The molecular weight excluding hydrogens is 506 g/mol. The second-order valence-electron chi connectivity index (χ2n) is 9.99. The molecule has 1 aliphatic heterocycles. The summed E-state index contributed by atoms with van der Waals surface area (Å²) < 4.78 is 4.20. The minimum absolute atomic E-state index is 0.193. The van der Waals surface area contributed by atoms with Gasteiger partial charge in [0.2, 0.25) is 0 Å². The van der Waals surface area contributed by atoms with E-state index in [2.05, 4.69) is 72.4 Å². The van der Waals surface area contributed by atoms with E-state index in [9.17, 15) is 4.79 Å². The van der Waals surface area contributed by atoms with Crippen LogP contribution in [0.2, 0.25) is 5.02 Å². The van der Waals surface area contributed by atoms with Crippen LogP contribution in [0.4, 0.5) is 10.5 Å². The molecule has 0 saturated carbocycles. The van der Waals surface area contributed by atoms with Crippen LogP contribution in [-0.4, -0.2) is 25.3 Å². The number of urea groups is 1. The number of carbonyl (C=O) groups is 1. The lowest BCUT2D eigenvalue weighted by Gasteiger charge is -2.31. The Bertz CT molecular complexity index is 1670. The third-order valence-electron chi connectivity index (χ3n) is 7.36. The van der Waals surface area contributed by atoms with Crippen molar-refractivity contribution in [2.75, 3.05) is 5.32 Å². The Morgan fingerprint density at radius 3 is 2.59 bits per heavy atom. The number of benzene rings is 3. The highest BCUT2D eigenvalue weighted by molar-refractivity contribution is 6.31. The van der Waals surface area contributed by atoms with Crippen molar-refractivity contribution in [3.05, 3.63) is 130 Å². The minimum atomic E-state index is -0.319. The second kappa shape index (κ2) is 10.1. The highest BCUT2D eigenvalue weighted by atomic mass is 35.5. The summed E-state index contributed by atoms with van der Waals surface area (Å²) in [5.74, 6) is 0.963. The predicted molar refractivity (Wildman–Crippen MR) is 156 cm³/mol. The quantitative estimate of drug-likeness (QED) is 0.257. The van der Waals surface area contributed by atoms with Crippen molar-refractivity contribution < 1.29 is 4.79 Å².